The maximum Gasteiger partial charge on any atom is 0.305 e. The Morgan fingerprint density at radius 1 is 1.11 bits per heavy atom. The lowest BCUT2D eigenvalue weighted by atomic mass is 10.2. The van der Waals surface area contributed by atoms with Crippen molar-refractivity contribution in [3.63, 3.8) is 0 Å². The molecule has 0 radical (unpaired) electrons. The van der Waals surface area contributed by atoms with Gasteiger partial charge in [-0.25, -0.2) is 0 Å². The van der Waals surface area contributed by atoms with Crippen molar-refractivity contribution in [1.29, 1.82) is 0 Å². The van der Waals surface area contributed by atoms with Gasteiger partial charge in [0, 0.05) is 26.1 Å². The maximum atomic E-state index is 11.3. The van der Waals surface area contributed by atoms with Crippen LogP contribution in [0.4, 0.5) is 0 Å². The van der Waals surface area contributed by atoms with E-state index in [9.17, 15) is 4.79 Å². The van der Waals surface area contributed by atoms with Gasteiger partial charge >= 0.3 is 5.97 Å². The summed E-state index contributed by atoms with van der Waals surface area (Å²) in [5, 5.41) is 2.00. The van der Waals surface area contributed by atoms with Crippen LogP contribution in [-0.2, 0) is 19.1 Å². The van der Waals surface area contributed by atoms with Crippen molar-refractivity contribution in [2.75, 3.05) is 39.5 Å². The smallest absolute Gasteiger partial charge is 0.305 e. The zero-order valence-electron chi connectivity index (χ0n) is 11.4. The van der Waals surface area contributed by atoms with Crippen LogP contribution in [0.5, 0.6) is 0 Å². The topological polar surface area (TPSA) is 48.0 Å². The minimum atomic E-state index is -0.169. The summed E-state index contributed by atoms with van der Waals surface area (Å²) < 4.78 is 10.1. The van der Waals surface area contributed by atoms with Crippen LogP contribution in [0.3, 0.4) is 0 Å². The average Bonchev–Trinajstić information content (AvgIpc) is 2.41. The van der Waals surface area contributed by atoms with Crippen LogP contribution in [0, 0.1) is 0 Å². The van der Waals surface area contributed by atoms with Gasteiger partial charge in [-0.1, -0.05) is 6.42 Å². The molecule has 1 aliphatic heterocycles. The molecule has 5 nitrogen and oxygen atoms in total. The molecule has 1 rings (SSSR count). The van der Waals surface area contributed by atoms with Gasteiger partial charge in [0.15, 0.2) is 0 Å². The number of ether oxygens (including phenoxy) is 2. The molecule has 0 N–H and O–H groups in total. The largest absolute Gasteiger partial charge is 0.463 e. The van der Waals surface area contributed by atoms with E-state index < -0.39 is 0 Å². The monoisotopic (exact) mass is 259 g/mol. The van der Waals surface area contributed by atoms with Gasteiger partial charge in [-0.05, 0) is 26.2 Å². The van der Waals surface area contributed by atoms with Gasteiger partial charge in [0.2, 0.25) is 0 Å². The fraction of sp³-hybridized carbons (Fsp3) is 0.923. The lowest BCUT2D eigenvalue weighted by Crippen LogP contribution is -2.30. The van der Waals surface area contributed by atoms with Gasteiger partial charge in [-0.3, -0.25) is 9.63 Å². The average molecular weight is 259 g/mol. The van der Waals surface area contributed by atoms with Crippen molar-refractivity contribution in [2.24, 2.45) is 0 Å². The SMILES string of the molecule is CCOCCOC(=O)CCCON1CCCCC1. The molecule has 5 heteroatoms. The summed E-state index contributed by atoms with van der Waals surface area (Å²) in [4.78, 5) is 16.9. The minimum absolute atomic E-state index is 0.169. The van der Waals surface area contributed by atoms with E-state index in [1.807, 2.05) is 12.0 Å². The van der Waals surface area contributed by atoms with Gasteiger partial charge in [-0.2, -0.15) is 5.06 Å². The summed E-state index contributed by atoms with van der Waals surface area (Å²) in [5.74, 6) is -0.169. The third-order valence-electron chi connectivity index (χ3n) is 2.81. The second kappa shape index (κ2) is 10.3. The Balaban J connectivity index is 1.88. The summed E-state index contributed by atoms with van der Waals surface area (Å²) in [6.45, 7) is 6.02. The number of hydrogen-bond acceptors (Lipinski definition) is 5. The highest BCUT2D eigenvalue weighted by Gasteiger charge is 2.10. The van der Waals surface area contributed by atoms with Crippen LogP contribution in [0.2, 0.25) is 0 Å². The third-order valence-corrected chi connectivity index (χ3v) is 2.81. The number of carbonyl (C=O) groups excluding carboxylic acids is 1. The summed E-state index contributed by atoms with van der Waals surface area (Å²) in [7, 11) is 0. The normalized spacial score (nSPS) is 16.7. The first-order chi connectivity index (χ1) is 8.83. The van der Waals surface area contributed by atoms with E-state index >= 15 is 0 Å². The Hall–Kier alpha value is -0.650. The number of rotatable bonds is 9. The molecule has 0 amide bonds. The van der Waals surface area contributed by atoms with E-state index in [1.165, 1.54) is 19.3 Å². The quantitative estimate of drug-likeness (QED) is 0.466. The van der Waals surface area contributed by atoms with Crippen LogP contribution >= 0.6 is 0 Å². The van der Waals surface area contributed by atoms with Crippen molar-refractivity contribution < 1.29 is 19.1 Å². The first-order valence-electron chi connectivity index (χ1n) is 6.94. The third kappa shape index (κ3) is 7.63. The standard InChI is InChI=1S/C13H25NO4/c1-2-16-11-12-17-13(15)7-6-10-18-14-8-4-3-5-9-14/h2-12H2,1H3. The molecule has 18 heavy (non-hydrogen) atoms. The fourth-order valence-corrected chi connectivity index (χ4v) is 1.84. The molecule has 106 valence electrons. The summed E-state index contributed by atoms with van der Waals surface area (Å²) in [6, 6.07) is 0. The zero-order chi connectivity index (χ0) is 13.1. The lowest BCUT2D eigenvalue weighted by Gasteiger charge is -2.25. The molecule has 0 aliphatic carbocycles. The molecule has 0 saturated carbocycles. The van der Waals surface area contributed by atoms with E-state index in [4.69, 9.17) is 14.3 Å². The van der Waals surface area contributed by atoms with Crippen molar-refractivity contribution in [2.45, 2.75) is 39.0 Å². The van der Waals surface area contributed by atoms with Crippen molar-refractivity contribution in [1.82, 2.24) is 5.06 Å². The molecule has 0 spiro atoms. The zero-order valence-corrected chi connectivity index (χ0v) is 11.4. The second-order valence-electron chi connectivity index (χ2n) is 4.34. The van der Waals surface area contributed by atoms with Crippen molar-refractivity contribution in [3.05, 3.63) is 0 Å². The fourth-order valence-electron chi connectivity index (χ4n) is 1.84. The highest BCUT2D eigenvalue weighted by molar-refractivity contribution is 5.69. The summed E-state index contributed by atoms with van der Waals surface area (Å²) >= 11 is 0. The highest BCUT2D eigenvalue weighted by Crippen LogP contribution is 2.09. The number of esters is 1. The molecule has 0 atom stereocenters. The molecule has 0 aromatic rings. The van der Waals surface area contributed by atoms with Crippen LogP contribution in [0.25, 0.3) is 0 Å². The predicted molar refractivity (Wildman–Crippen MR) is 68.1 cm³/mol. The number of hydroxylamine groups is 2. The summed E-state index contributed by atoms with van der Waals surface area (Å²) in [5.41, 5.74) is 0. The molecule has 0 aromatic heterocycles. The van der Waals surface area contributed by atoms with Crippen molar-refractivity contribution in [3.8, 4) is 0 Å². The Labute approximate surface area is 109 Å². The van der Waals surface area contributed by atoms with Crippen LogP contribution in [0.1, 0.15) is 39.0 Å². The number of piperidine rings is 1. The molecular formula is C13H25NO4. The van der Waals surface area contributed by atoms with Gasteiger partial charge in [-0.15, -0.1) is 0 Å². The molecule has 0 bridgehead atoms. The molecule has 0 aromatic carbocycles. The Morgan fingerprint density at radius 2 is 1.89 bits per heavy atom. The number of hydrogen-bond donors (Lipinski definition) is 0. The van der Waals surface area contributed by atoms with Gasteiger partial charge in [0.1, 0.15) is 6.61 Å². The van der Waals surface area contributed by atoms with Crippen LogP contribution in [0.15, 0.2) is 0 Å². The van der Waals surface area contributed by atoms with Crippen molar-refractivity contribution >= 4 is 5.97 Å². The van der Waals surface area contributed by atoms with Crippen LogP contribution < -0.4 is 0 Å². The van der Waals surface area contributed by atoms with Gasteiger partial charge in [0.25, 0.3) is 0 Å². The van der Waals surface area contributed by atoms with E-state index in [0.717, 1.165) is 13.1 Å². The first-order valence-corrected chi connectivity index (χ1v) is 6.94. The predicted octanol–water partition coefficient (Wildman–Crippen LogP) is 1.76. The molecule has 1 saturated heterocycles. The van der Waals surface area contributed by atoms with Crippen LogP contribution in [-0.4, -0.2) is 50.5 Å². The lowest BCUT2D eigenvalue weighted by molar-refractivity contribution is -0.171. The molecule has 1 heterocycles. The summed E-state index contributed by atoms with van der Waals surface area (Å²) in [6.07, 6.45) is 4.84. The maximum absolute atomic E-state index is 11.3. The minimum Gasteiger partial charge on any atom is -0.463 e. The number of nitrogens with zero attached hydrogens (tertiary/aromatic N) is 1. The van der Waals surface area contributed by atoms with E-state index in [2.05, 4.69) is 0 Å². The highest BCUT2D eigenvalue weighted by atomic mass is 16.7. The molecule has 0 unspecified atom stereocenters. The Morgan fingerprint density at radius 3 is 2.61 bits per heavy atom. The van der Waals surface area contributed by atoms with E-state index in [0.29, 0.717) is 39.3 Å². The Bertz CT molecular complexity index is 217. The van der Waals surface area contributed by atoms with E-state index in [-0.39, 0.29) is 5.97 Å². The molecule has 1 fully saturated rings. The van der Waals surface area contributed by atoms with Gasteiger partial charge in [0.05, 0.1) is 13.2 Å². The van der Waals surface area contributed by atoms with Gasteiger partial charge < -0.3 is 9.47 Å². The first kappa shape index (κ1) is 15.4. The molecule has 1 aliphatic rings. The second-order valence-corrected chi connectivity index (χ2v) is 4.34. The molecular weight excluding hydrogens is 234 g/mol. The Kier molecular flexibility index (Phi) is 8.81. The van der Waals surface area contributed by atoms with E-state index in [1.54, 1.807) is 0 Å². The number of carbonyl (C=O) groups is 1.